The molecule has 1 saturated carbocycles. The molecule has 1 spiro atoms. The van der Waals surface area contributed by atoms with E-state index in [1.165, 1.54) is 4.90 Å². The Kier molecular flexibility index (Phi) is 4.39. The molecule has 0 radical (unpaired) electrons. The van der Waals surface area contributed by atoms with E-state index in [1.54, 1.807) is 12.1 Å². The van der Waals surface area contributed by atoms with E-state index in [-0.39, 0.29) is 18.5 Å². The predicted octanol–water partition coefficient (Wildman–Crippen LogP) is 2.61. The van der Waals surface area contributed by atoms with E-state index in [0.29, 0.717) is 24.3 Å². The lowest BCUT2D eigenvalue weighted by molar-refractivity contribution is -0.133. The number of nitrogens with zero attached hydrogens (tertiary/aromatic N) is 1. The van der Waals surface area contributed by atoms with Crippen LogP contribution in [0.3, 0.4) is 0 Å². The van der Waals surface area contributed by atoms with E-state index in [0.717, 1.165) is 19.3 Å². The summed E-state index contributed by atoms with van der Waals surface area (Å²) in [4.78, 5) is 26.2. The molecule has 3 rings (SSSR count). The molecule has 1 heterocycles. The number of amides is 3. The molecule has 2 N–H and O–H groups in total. The van der Waals surface area contributed by atoms with Crippen LogP contribution in [0.1, 0.15) is 50.7 Å². The Morgan fingerprint density at radius 2 is 1.91 bits per heavy atom. The maximum atomic E-state index is 12.8. The van der Waals surface area contributed by atoms with Gasteiger partial charge in [0, 0.05) is 0 Å². The fraction of sp³-hybridized carbons (Fsp3) is 0.556. The lowest BCUT2D eigenvalue weighted by Gasteiger charge is -2.34. The Morgan fingerprint density at radius 3 is 2.52 bits per heavy atom. The van der Waals surface area contributed by atoms with Gasteiger partial charge in [-0.3, -0.25) is 9.69 Å². The van der Waals surface area contributed by atoms with Gasteiger partial charge in [-0.2, -0.15) is 0 Å². The second-order valence-corrected chi connectivity index (χ2v) is 6.71. The van der Waals surface area contributed by atoms with Gasteiger partial charge < -0.3 is 10.4 Å². The van der Waals surface area contributed by atoms with Gasteiger partial charge >= 0.3 is 6.03 Å². The van der Waals surface area contributed by atoms with Crippen molar-refractivity contribution >= 4 is 11.9 Å². The van der Waals surface area contributed by atoms with Gasteiger partial charge in [-0.25, -0.2) is 4.79 Å². The van der Waals surface area contributed by atoms with Gasteiger partial charge in [0.1, 0.15) is 5.54 Å². The quantitative estimate of drug-likeness (QED) is 0.839. The summed E-state index contributed by atoms with van der Waals surface area (Å²) in [7, 11) is 0. The summed E-state index contributed by atoms with van der Waals surface area (Å²) < 4.78 is 0. The first kappa shape index (κ1) is 16.0. The first-order valence-electron chi connectivity index (χ1n) is 8.43. The number of imide groups is 1. The van der Waals surface area contributed by atoms with Crippen molar-refractivity contribution < 1.29 is 14.7 Å². The van der Waals surface area contributed by atoms with Gasteiger partial charge in [-0.15, -0.1) is 0 Å². The molecule has 0 aromatic heterocycles. The number of aliphatic hydroxyl groups is 1. The molecule has 5 nitrogen and oxygen atoms in total. The number of aliphatic hydroxyl groups excluding tert-OH is 1. The second kappa shape index (κ2) is 6.32. The number of rotatable bonds is 4. The van der Waals surface area contributed by atoms with Gasteiger partial charge in [0.05, 0.1) is 12.6 Å². The molecule has 23 heavy (non-hydrogen) atoms. The van der Waals surface area contributed by atoms with Crippen molar-refractivity contribution in [3.8, 4) is 0 Å². The van der Waals surface area contributed by atoms with Crippen LogP contribution >= 0.6 is 0 Å². The number of urea groups is 1. The maximum absolute atomic E-state index is 12.8. The van der Waals surface area contributed by atoms with Crippen LogP contribution in [0, 0.1) is 5.92 Å². The van der Waals surface area contributed by atoms with Crippen LogP contribution in [0.15, 0.2) is 30.3 Å². The van der Waals surface area contributed by atoms with Crippen molar-refractivity contribution in [1.29, 1.82) is 0 Å². The highest BCUT2D eigenvalue weighted by Gasteiger charge is 2.52. The summed E-state index contributed by atoms with van der Waals surface area (Å²) in [5, 5.41) is 13.2. The third kappa shape index (κ3) is 2.98. The molecule has 1 aromatic rings. The largest absolute Gasteiger partial charge is 0.387 e. The zero-order chi connectivity index (χ0) is 16.4. The van der Waals surface area contributed by atoms with Crippen molar-refractivity contribution in [3.05, 3.63) is 35.9 Å². The number of carbonyl (C=O) groups is 2. The predicted molar refractivity (Wildman–Crippen MR) is 86.6 cm³/mol. The van der Waals surface area contributed by atoms with Gasteiger partial charge in [0.25, 0.3) is 5.91 Å². The molecule has 1 atom stereocenters. The molecule has 2 aliphatic rings. The van der Waals surface area contributed by atoms with Crippen LogP contribution in [0.5, 0.6) is 0 Å². The standard InChI is InChI=1S/C18H24N2O3/c1-2-13-8-10-18(11-9-13)16(22)20(17(23)19-18)12-15(21)14-6-4-3-5-7-14/h3-7,13,15,21H,2,8-12H2,1H3,(H,19,23)/t13?,15-,18?/m0/s1. The topological polar surface area (TPSA) is 69.6 Å². The number of β-amino-alcohol motifs (C(OH)–C–C–N with tert-alkyl or cyclic N) is 1. The number of nitrogens with one attached hydrogen (secondary N) is 1. The molecule has 3 amide bonds. The van der Waals surface area contributed by atoms with Crippen LogP contribution in [0.2, 0.25) is 0 Å². The van der Waals surface area contributed by atoms with Crippen molar-refractivity contribution in [2.75, 3.05) is 6.54 Å². The van der Waals surface area contributed by atoms with Crippen LogP contribution in [-0.4, -0.2) is 34.0 Å². The van der Waals surface area contributed by atoms with Gasteiger partial charge in [-0.1, -0.05) is 43.7 Å². The second-order valence-electron chi connectivity index (χ2n) is 6.71. The summed E-state index contributed by atoms with van der Waals surface area (Å²) >= 11 is 0. The maximum Gasteiger partial charge on any atom is 0.325 e. The van der Waals surface area contributed by atoms with Crippen LogP contribution in [0.25, 0.3) is 0 Å². The highest BCUT2D eigenvalue weighted by atomic mass is 16.3. The number of benzene rings is 1. The third-order valence-electron chi connectivity index (χ3n) is 5.32. The van der Waals surface area contributed by atoms with Gasteiger partial charge in [-0.05, 0) is 37.2 Å². The first-order chi connectivity index (χ1) is 11.1. The minimum atomic E-state index is -0.854. The van der Waals surface area contributed by atoms with E-state index in [9.17, 15) is 14.7 Å². The SMILES string of the molecule is CCC1CCC2(CC1)NC(=O)N(C[C@H](O)c1ccccc1)C2=O. The first-order valence-corrected chi connectivity index (χ1v) is 8.43. The Bertz CT molecular complexity index is 579. The van der Waals surface area contributed by atoms with Crippen LogP contribution < -0.4 is 5.32 Å². The monoisotopic (exact) mass is 316 g/mol. The Hall–Kier alpha value is -1.88. The fourth-order valence-electron chi connectivity index (χ4n) is 3.71. The van der Waals surface area contributed by atoms with Crippen molar-refractivity contribution in [2.45, 2.75) is 50.7 Å². The molecular formula is C18H24N2O3. The third-order valence-corrected chi connectivity index (χ3v) is 5.32. The molecule has 124 valence electrons. The van der Waals surface area contributed by atoms with Crippen molar-refractivity contribution in [1.82, 2.24) is 10.2 Å². The lowest BCUT2D eigenvalue weighted by atomic mass is 9.75. The summed E-state index contributed by atoms with van der Waals surface area (Å²) in [5.74, 6) is 0.473. The molecule has 1 aliphatic carbocycles. The van der Waals surface area contributed by atoms with E-state index in [4.69, 9.17) is 0 Å². The fourth-order valence-corrected chi connectivity index (χ4v) is 3.71. The Morgan fingerprint density at radius 1 is 1.26 bits per heavy atom. The highest BCUT2D eigenvalue weighted by Crippen LogP contribution is 2.38. The molecule has 1 aliphatic heterocycles. The van der Waals surface area contributed by atoms with Crippen LogP contribution in [-0.2, 0) is 4.79 Å². The zero-order valence-electron chi connectivity index (χ0n) is 13.5. The number of carbonyl (C=O) groups excluding carboxylic acids is 2. The van der Waals surface area contributed by atoms with Crippen molar-refractivity contribution in [2.24, 2.45) is 5.92 Å². The molecule has 0 unspecified atom stereocenters. The summed E-state index contributed by atoms with van der Waals surface area (Å²) in [6.07, 6.45) is 3.61. The zero-order valence-corrected chi connectivity index (χ0v) is 13.5. The van der Waals surface area contributed by atoms with Crippen molar-refractivity contribution in [3.63, 3.8) is 0 Å². The summed E-state index contributed by atoms with van der Waals surface area (Å²) in [5.41, 5.74) is -0.0251. The Balaban J connectivity index is 1.70. The average molecular weight is 316 g/mol. The number of hydrogen-bond donors (Lipinski definition) is 2. The number of hydrogen-bond acceptors (Lipinski definition) is 3. The molecule has 2 fully saturated rings. The minimum absolute atomic E-state index is 0.00758. The Labute approximate surface area is 136 Å². The average Bonchev–Trinajstić information content (AvgIpc) is 2.81. The van der Waals surface area contributed by atoms with E-state index >= 15 is 0 Å². The lowest BCUT2D eigenvalue weighted by Crippen LogP contribution is -2.49. The summed E-state index contributed by atoms with van der Waals surface area (Å²) in [6.45, 7) is 2.17. The van der Waals surface area contributed by atoms with E-state index in [1.807, 2.05) is 18.2 Å². The van der Waals surface area contributed by atoms with E-state index in [2.05, 4.69) is 12.2 Å². The van der Waals surface area contributed by atoms with Gasteiger partial charge in [0.2, 0.25) is 0 Å². The normalized spacial score (nSPS) is 29.0. The molecule has 5 heteroatoms. The summed E-state index contributed by atoms with van der Waals surface area (Å²) in [6, 6.07) is 8.75. The smallest absolute Gasteiger partial charge is 0.325 e. The van der Waals surface area contributed by atoms with E-state index < -0.39 is 11.6 Å². The highest BCUT2D eigenvalue weighted by molar-refractivity contribution is 6.07. The minimum Gasteiger partial charge on any atom is -0.387 e. The molecule has 1 aromatic carbocycles. The molecular weight excluding hydrogens is 292 g/mol. The molecule has 1 saturated heterocycles. The molecule has 0 bridgehead atoms. The van der Waals surface area contributed by atoms with Gasteiger partial charge in [0.15, 0.2) is 0 Å². The van der Waals surface area contributed by atoms with Crippen LogP contribution in [0.4, 0.5) is 4.79 Å².